The number of hydrogen-bond acceptors (Lipinski definition) is 3. The van der Waals surface area contributed by atoms with Crippen LogP contribution in [-0.4, -0.2) is 18.9 Å². The van der Waals surface area contributed by atoms with Crippen molar-refractivity contribution in [1.29, 1.82) is 0 Å². The highest BCUT2D eigenvalue weighted by Gasteiger charge is 2.04. The Labute approximate surface area is 124 Å². The van der Waals surface area contributed by atoms with Gasteiger partial charge >= 0.3 is 5.97 Å². The Morgan fingerprint density at radius 3 is 2.57 bits per heavy atom. The maximum Gasteiger partial charge on any atom is 0.338 e. The topological polar surface area (TPSA) is 50.7 Å². The second-order valence-electron chi connectivity index (χ2n) is 4.48. The van der Waals surface area contributed by atoms with Gasteiger partial charge in [-0.15, -0.1) is 0 Å². The van der Waals surface area contributed by atoms with Gasteiger partial charge in [0, 0.05) is 5.69 Å². The number of esters is 1. The van der Waals surface area contributed by atoms with Crippen LogP contribution in [0.25, 0.3) is 0 Å². The number of ether oxygens (including phenoxy) is 1. The molecule has 0 aromatic heterocycles. The summed E-state index contributed by atoms with van der Waals surface area (Å²) in [5, 5.41) is 3.14. The first-order valence-corrected chi connectivity index (χ1v) is 6.82. The summed E-state index contributed by atoms with van der Waals surface area (Å²) in [5.74, 6) is -0.314. The second-order valence-corrected chi connectivity index (χ2v) is 4.48. The molecule has 0 aliphatic carbocycles. The summed E-state index contributed by atoms with van der Waals surface area (Å²) in [5.41, 5.74) is 3.47. The van der Waals surface area contributed by atoms with E-state index in [1.807, 2.05) is 31.2 Å². The molecular formula is C17H18N2O2. The summed E-state index contributed by atoms with van der Waals surface area (Å²) < 4.78 is 4.93. The number of nitrogens with zero attached hydrogens (tertiary/aromatic N) is 1. The summed E-state index contributed by atoms with van der Waals surface area (Å²) in [4.78, 5) is 15.8. The Bertz CT molecular complexity index is 633. The number of carbonyl (C=O) groups excluding carboxylic acids is 1. The van der Waals surface area contributed by atoms with Crippen molar-refractivity contribution in [1.82, 2.24) is 0 Å². The average molecular weight is 282 g/mol. The summed E-state index contributed by atoms with van der Waals surface area (Å²) in [6.07, 6.45) is 1.64. The monoisotopic (exact) mass is 282 g/mol. The van der Waals surface area contributed by atoms with Crippen molar-refractivity contribution >= 4 is 23.7 Å². The number of rotatable bonds is 5. The molecule has 0 saturated carbocycles. The van der Waals surface area contributed by atoms with Crippen molar-refractivity contribution in [2.75, 3.05) is 11.9 Å². The van der Waals surface area contributed by atoms with E-state index in [1.54, 1.807) is 37.5 Å². The van der Waals surface area contributed by atoms with Crippen molar-refractivity contribution in [3.63, 3.8) is 0 Å². The molecule has 4 heteroatoms. The van der Waals surface area contributed by atoms with Gasteiger partial charge in [0.05, 0.1) is 24.2 Å². The lowest BCUT2D eigenvalue weighted by molar-refractivity contribution is 0.0526. The first kappa shape index (κ1) is 14.8. The summed E-state index contributed by atoms with van der Waals surface area (Å²) in [6.45, 7) is 4.19. The average Bonchev–Trinajstić information content (AvgIpc) is 2.50. The fourth-order valence-electron chi connectivity index (χ4n) is 1.81. The van der Waals surface area contributed by atoms with E-state index >= 15 is 0 Å². The molecule has 1 N–H and O–H groups in total. The number of benzene rings is 2. The Morgan fingerprint density at radius 2 is 1.90 bits per heavy atom. The zero-order chi connectivity index (χ0) is 15.1. The Balaban J connectivity index is 1.99. The van der Waals surface area contributed by atoms with Gasteiger partial charge in [-0.05, 0) is 49.7 Å². The van der Waals surface area contributed by atoms with Crippen LogP contribution < -0.4 is 5.32 Å². The molecule has 2 aromatic carbocycles. The SMILES string of the molecule is CCOC(=O)c1ccc(N=CNc2ccccc2C)cc1. The molecule has 0 spiro atoms. The van der Waals surface area contributed by atoms with E-state index in [0.29, 0.717) is 12.2 Å². The maximum absolute atomic E-state index is 11.5. The second kappa shape index (κ2) is 7.24. The molecule has 0 atom stereocenters. The standard InChI is InChI=1S/C17H18N2O2/c1-3-21-17(20)14-8-10-15(11-9-14)18-12-19-16-7-5-4-6-13(16)2/h4-12H,3H2,1-2H3,(H,18,19). The molecule has 0 unspecified atom stereocenters. The van der Waals surface area contributed by atoms with Gasteiger partial charge in [0.25, 0.3) is 0 Å². The zero-order valence-corrected chi connectivity index (χ0v) is 12.2. The van der Waals surface area contributed by atoms with Gasteiger partial charge in [0.15, 0.2) is 0 Å². The minimum atomic E-state index is -0.314. The summed E-state index contributed by atoms with van der Waals surface area (Å²) >= 11 is 0. The van der Waals surface area contributed by atoms with Crippen molar-refractivity contribution in [2.45, 2.75) is 13.8 Å². The van der Waals surface area contributed by atoms with E-state index < -0.39 is 0 Å². The summed E-state index contributed by atoms with van der Waals surface area (Å²) in [6, 6.07) is 15.0. The lowest BCUT2D eigenvalue weighted by Gasteiger charge is -2.04. The summed E-state index contributed by atoms with van der Waals surface area (Å²) in [7, 11) is 0. The smallest absolute Gasteiger partial charge is 0.338 e. The van der Waals surface area contributed by atoms with Crippen LogP contribution in [0.3, 0.4) is 0 Å². The molecule has 21 heavy (non-hydrogen) atoms. The van der Waals surface area contributed by atoms with Gasteiger partial charge in [-0.3, -0.25) is 0 Å². The highest BCUT2D eigenvalue weighted by Crippen LogP contribution is 2.15. The van der Waals surface area contributed by atoms with Gasteiger partial charge in [-0.25, -0.2) is 9.79 Å². The van der Waals surface area contributed by atoms with Crippen LogP contribution in [0.5, 0.6) is 0 Å². The van der Waals surface area contributed by atoms with Crippen LogP contribution in [0.4, 0.5) is 11.4 Å². The molecule has 0 aliphatic rings. The lowest BCUT2D eigenvalue weighted by atomic mass is 10.2. The fraction of sp³-hybridized carbons (Fsp3) is 0.176. The van der Waals surface area contributed by atoms with Crippen molar-refractivity contribution < 1.29 is 9.53 Å². The van der Waals surface area contributed by atoms with Crippen molar-refractivity contribution in [3.05, 3.63) is 59.7 Å². The van der Waals surface area contributed by atoms with Gasteiger partial charge in [0.2, 0.25) is 0 Å². The molecule has 0 amide bonds. The van der Waals surface area contributed by atoms with E-state index in [4.69, 9.17) is 4.74 Å². The predicted octanol–water partition coefficient (Wildman–Crippen LogP) is 3.94. The molecular weight excluding hydrogens is 264 g/mol. The first-order chi connectivity index (χ1) is 10.2. The number of nitrogens with one attached hydrogen (secondary N) is 1. The number of aliphatic imine (C=N–C) groups is 1. The molecule has 108 valence electrons. The number of carbonyl (C=O) groups is 1. The van der Waals surface area contributed by atoms with E-state index in [-0.39, 0.29) is 5.97 Å². The van der Waals surface area contributed by atoms with E-state index in [9.17, 15) is 4.79 Å². The molecule has 0 fully saturated rings. The van der Waals surface area contributed by atoms with Gasteiger partial charge in [0.1, 0.15) is 0 Å². The maximum atomic E-state index is 11.5. The molecule has 0 aliphatic heterocycles. The van der Waals surface area contributed by atoms with E-state index in [2.05, 4.69) is 10.3 Å². The van der Waals surface area contributed by atoms with Crippen LogP contribution in [-0.2, 0) is 4.74 Å². The molecule has 2 rings (SSSR count). The van der Waals surface area contributed by atoms with Crippen LogP contribution in [0.1, 0.15) is 22.8 Å². The van der Waals surface area contributed by atoms with Crippen molar-refractivity contribution in [2.24, 2.45) is 4.99 Å². The van der Waals surface area contributed by atoms with Gasteiger partial charge in [-0.1, -0.05) is 18.2 Å². The highest BCUT2D eigenvalue weighted by atomic mass is 16.5. The van der Waals surface area contributed by atoms with Gasteiger partial charge in [-0.2, -0.15) is 0 Å². The zero-order valence-electron chi connectivity index (χ0n) is 12.2. The predicted molar refractivity (Wildman–Crippen MR) is 85.4 cm³/mol. The largest absolute Gasteiger partial charge is 0.462 e. The number of aryl methyl sites for hydroxylation is 1. The van der Waals surface area contributed by atoms with E-state index in [1.165, 1.54) is 0 Å². The fourth-order valence-corrected chi connectivity index (χ4v) is 1.81. The minimum Gasteiger partial charge on any atom is -0.462 e. The van der Waals surface area contributed by atoms with Gasteiger partial charge < -0.3 is 10.1 Å². The molecule has 0 bridgehead atoms. The third-order valence-corrected chi connectivity index (χ3v) is 2.96. The normalized spacial score (nSPS) is 10.6. The Kier molecular flexibility index (Phi) is 5.10. The Hall–Kier alpha value is -2.62. The lowest BCUT2D eigenvalue weighted by Crippen LogP contribution is -2.03. The minimum absolute atomic E-state index is 0.314. The number of hydrogen-bond donors (Lipinski definition) is 1. The van der Waals surface area contributed by atoms with Crippen LogP contribution in [0.15, 0.2) is 53.5 Å². The first-order valence-electron chi connectivity index (χ1n) is 6.82. The van der Waals surface area contributed by atoms with Crippen molar-refractivity contribution in [3.8, 4) is 0 Å². The molecule has 0 saturated heterocycles. The van der Waals surface area contributed by atoms with E-state index in [0.717, 1.165) is 16.9 Å². The highest BCUT2D eigenvalue weighted by molar-refractivity contribution is 5.89. The molecule has 4 nitrogen and oxygen atoms in total. The number of para-hydroxylation sites is 1. The molecule has 0 heterocycles. The third kappa shape index (κ3) is 4.18. The molecule has 2 aromatic rings. The Morgan fingerprint density at radius 1 is 1.19 bits per heavy atom. The quantitative estimate of drug-likeness (QED) is 0.513. The number of anilines is 1. The van der Waals surface area contributed by atoms with Crippen LogP contribution in [0.2, 0.25) is 0 Å². The van der Waals surface area contributed by atoms with Crippen LogP contribution in [0, 0.1) is 6.92 Å². The molecule has 0 radical (unpaired) electrons. The third-order valence-electron chi connectivity index (χ3n) is 2.96. The van der Waals surface area contributed by atoms with Crippen LogP contribution >= 0.6 is 0 Å².